The third-order valence-corrected chi connectivity index (χ3v) is 5.53. The van der Waals surface area contributed by atoms with E-state index in [0.29, 0.717) is 41.6 Å². The van der Waals surface area contributed by atoms with Gasteiger partial charge < -0.3 is 14.3 Å². The maximum atomic E-state index is 13.5. The van der Waals surface area contributed by atoms with Crippen molar-refractivity contribution in [2.75, 3.05) is 11.4 Å². The van der Waals surface area contributed by atoms with Crippen molar-refractivity contribution in [3.63, 3.8) is 0 Å². The number of pyridine rings is 2. The lowest BCUT2D eigenvalue weighted by molar-refractivity contribution is 0.143. The van der Waals surface area contributed by atoms with E-state index in [-0.39, 0.29) is 5.69 Å². The van der Waals surface area contributed by atoms with Crippen LogP contribution in [0.3, 0.4) is 0 Å². The summed E-state index contributed by atoms with van der Waals surface area (Å²) in [7, 11) is 0. The molecule has 0 aromatic carbocycles. The van der Waals surface area contributed by atoms with E-state index in [4.69, 9.17) is 4.42 Å². The molecule has 5 aromatic rings. The summed E-state index contributed by atoms with van der Waals surface area (Å²) < 4.78 is 34.3. The summed E-state index contributed by atoms with van der Waals surface area (Å²) in [5.74, 6) is 0.342. The number of aromatic amines is 1. The number of nitrogens with zero attached hydrogens (tertiary/aromatic N) is 7. The van der Waals surface area contributed by atoms with Gasteiger partial charge in [0.05, 0.1) is 28.8 Å². The van der Waals surface area contributed by atoms with E-state index < -0.39 is 12.5 Å². The summed E-state index contributed by atoms with van der Waals surface area (Å²) in [6, 6.07) is 9.93. The number of rotatable bonds is 4. The minimum atomic E-state index is -2.65. The second kappa shape index (κ2) is 7.22. The zero-order valence-corrected chi connectivity index (χ0v) is 16.6. The third kappa shape index (κ3) is 2.93. The Bertz CT molecular complexity index is 1390. The third-order valence-electron chi connectivity index (χ3n) is 5.53. The molecule has 0 saturated heterocycles. The van der Waals surface area contributed by atoms with Gasteiger partial charge in [0, 0.05) is 31.1 Å². The highest BCUT2D eigenvalue weighted by atomic mass is 19.3. The highest BCUT2D eigenvalue weighted by molar-refractivity contribution is 5.55. The Hall–Kier alpha value is -4.15. The van der Waals surface area contributed by atoms with E-state index in [9.17, 15) is 8.78 Å². The fraction of sp³-hybridized carbons (Fsp3) is 0.190. The molecule has 1 N–H and O–H groups in total. The van der Waals surface area contributed by atoms with Crippen molar-refractivity contribution in [1.29, 1.82) is 0 Å². The smallest absolute Gasteiger partial charge is 0.319 e. The Morgan fingerprint density at radius 3 is 2.94 bits per heavy atom. The molecule has 1 aliphatic rings. The maximum Gasteiger partial charge on any atom is 0.319 e. The molecule has 11 heteroatoms. The number of hydrogen-bond acceptors (Lipinski definition) is 7. The molecule has 0 bridgehead atoms. The fourth-order valence-corrected chi connectivity index (χ4v) is 4.07. The Labute approximate surface area is 179 Å². The molecule has 6 rings (SSSR count). The Kier molecular flexibility index (Phi) is 4.20. The minimum absolute atomic E-state index is 0.171. The fourth-order valence-electron chi connectivity index (χ4n) is 4.07. The summed E-state index contributed by atoms with van der Waals surface area (Å²) in [6.45, 7) is 0.560. The number of fused-ring (bicyclic) bond motifs is 2. The second-order valence-corrected chi connectivity index (χ2v) is 7.40. The largest absolute Gasteiger partial charge is 0.403 e. The Morgan fingerprint density at radius 2 is 2.09 bits per heavy atom. The first-order chi connectivity index (χ1) is 15.7. The van der Waals surface area contributed by atoms with Crippen LogP contribution in [0.1, 0.15) is 35.2 Å². The number of imidazole rings is 1. The molecule has 0 aliphatic carbocycles. The number of halogens is 2. The van der Waals surface area contributed by atoms with Crippen molar-refractivity contribution in [3.05, 3.63) is 77.9 Å². The van der Waals surface area contributed by atoms with Gasteiger partial charge in [-0.1, -0.05) is 11.2 Å². The second-order valence-electron chi connectivity index (χ2n) is 7.40. The van der Waals surface area contributed by atoms with Crippen molar-refractivity contribution in [1.82, 2.24) is 34.8 Å². The summed E-state index contributed by atoms with van der Waals surface area (Å²) in [5, 5.41) is 12.9. The zero-order chi connectivity index (χ0) is 21.7. The molecule has 160 valence electrons. The van der Waals surface area contributed by atoms with Crippen molar-refractivity contribution in [2.45, 2.75) is 18.9 Å². The number of anilines is 1. The molecule has 0 fully saturated rings. The average molecular weight is 434 g/mol. The van der Waals surface area contributed by atoms with Gasteiger partial charge in [0.2, 0.25) is 0 Å². The van der Waals surface area contributed by atoms with E-state index in [2.05, 4.69) is 30.2 Å². The molecule has 0 saturated carbocycles. The van der Waals surface area contributed by atoms with Crippen LogP contribution in [-0.4, -0.2) is 41.3 Å². The van der Waals surface area contributed by atoms with Crippen LogP contribution >= 0.6 is 0 Å². The van der Waals surface area contributed by atoms with Crippen molar-refractivity contribution in [3.8, 4) is 11.5 Å². The van der Waals surface area contributed by atoms with Gasteiger partial charge in [-0.05, 0) is 30.3 Å². The molecule has 0 spiro atoms. The molecule has 6 heterocycles. The topological polar surface area (TPSA) is 101 Å². The van der Waals surface area contributed by atoms with Gasteiger partial charge in [0.25, 0.3) is 12.3 Å². The normalized spacial score (nSPS) is 16.1. The van der Waals surface area contributed by atoms with E-state index in [0.717, 1.165) is 11.4 Å². The highest BCUT2D eigenvalue weighted by Gasteiger charge is 2.36. The molecule has 1 aliphatic heterocycles. The van der Waals surface area contributed by atoms with Crippen LogP contribution in [0.2, 0.25) is 0 Å². The SMILES string of the molecule is FC(F)c1cccc2cc([C@H]3c4nc[nH]c4CCN3c3nnc(-c4cccnc4)o3)nn12. The van der Waals surface area contributed by atoms with E-state index >= 15 is 0 Å². The number of aromatic nitrogens is 7. The van der Waals surface area contributed by atoms with Crippen LogP contribution in [0.5, 0.6) is 0 Å². The number of H-pyrrole nitrogens is 1. The first-order valence-corrected chi connectivity index (χ1v) is 9.98. The molecule has 0 unspecified atom stereocenters. The summed E-state index contributed by atoms with van der Waals surface area (Å²) in [4.78, 5) is 13.6. The monoisotopic (exact) mass is 434 g/mol. The standard InChI is InChI=1S/C21H16F2N8O/c22-19(23)16-5-1-4-13-9-15(29-31(13)16)18-17-14(25-11-26-17)6-8-30(18)21-28-27-20(32-21)12-3-2-7-24-10-12/h1-5,7,9-11,18-19H,6,8H2,(H,25,26)/t18-/m0/s1. The Balaban J connectivity index is 1.46. The van der Waals surface area contributed by atoms with Crippen LogP contribution in [0.4, 0.5) is 14.8 Å². The number of hydrogen-bond donors (Lipinski definition) is 1. The van der Waals surface area contributed by atoms with E-state index in [1.165, 1.54) is 10.6 Å². The quantitative estimate of drug-likeness (QED) is 0.461. The molecule has 1 atom stereocenters. The molecule has 5 aromatic heterocycles. The van der Waals surface area contributed by atoms with Crippen LogP contribution in [0.25, 0.3) is 17.0 Å². The Morgan fingerprint density at radius 1 is 1.16 bits per heavy atom. The number of alkyl halides is 2. The van der Waals surface area contributed by atoms with Gasteiger partial charge in [0.15, 0.2) is 0 Å². The van der Waals surface area contributed by atoms with Gasteiger partial charge >= 0.3 is 6.01 Å². The lowest BCUT2D eigenvalue weighted by Crippen LogP contribution is -2.37. The van der Waals surface area contributed by atoms with Gasteiger partial charge in [-0.25, -0.2) is 18.3 Å². The summed E-state index contributed by atoms with van der Waals surface area (Å²) in [6.07, 6.45) is 2.97. The minimum Gasteiger partial charge on any atom is -0.403 e. The lowest BCUT2D eigenvalue weighted by atomic mass is 10.0. The lowest BCUT2D eigenvalue weighted by Gasteiger charge is -2.32. The van der Waals surface area contributed by atoms with E-state index in [1.807, 2.05) is 11.0 Å². The van der Waals surface area contributed by atoms with Crippen LogP contribution in [0, 0.1) is 0 Å². The van der Waals surface area contributed by atoms with Crippen molar-refractivity contribution in [2.24, 2.45) is 0 Å². The van der Waals surface area contributed by atoms with Crippen molar-refractivity contribution >= 4 is 11.5 Å². The van der Waals surface area contributed by atoms with Crippen molar-refractivity contribution < 1.29 is 13.2 Å². The molecule has 0 radical (unpaired) electrons. The van der Waals surface area contributed by atoms with Gasteiger partial charge in [-0.3, -0.25) is 4.98 Å². The van der Waals surface area contributed by atoms with Gasteiger partial charge in [-0.2, -0.15) is 5.10 Å². The van der Waals surface area contributed by atoms with E-state index in [1.54, 1.807) is 43.0 Å². The first-order valence-electron chi connectivity index (χ1n) is 9.98. The van der Waals surface area contributed by atoms with Crippen LogP contribution < -0.4 is 4.90 Å². The molecule has 32 heavy (non-hydrogen) atoms. The van der Waals surface area contributed by atoms with Gasteiger partial charge in [-0.15, -0.1) is 5.10 Å². The summed E-state index contributed by atoms with van der Waals surface area (Å²) in [5.41, 5.74) is 3.38. The average Bonchev–Trinajstić information content (AvgIpc) is 3.57. The maximum absolute atomic E-state index is 13.5. The number of nitrogens with one attached hydrogen (secondary N) is 1. The predicted molar refractivity (Wildman–Crippen MR) is 109 cm³/mol. The predicted octanol–water partition coefficient (Wildman–Crippen LogP) is 3.59. The van der Waals surface area contributed by atoms with Gasteiger partial charge in [0.1, 0.15) is 11.7 Å². The molecular formula is C21H16F2N8O. The molecule has 9 nitrogen and oxygen atoms in total. The summed E-state index contributed by atoms with van der Waals surface area (Å²) >= 11 is 0. The molecular weight excluding hydrogens is 418 g/mol. The molecule has 0 amide bonds. The zero-order valence-electron chi connectivity index (χ0n) is 16.6. The first kappa shape index (κ1) is 18.6. The van der Waals surface area contributed by atoms with Crippen LogP contribution in [0.15, 0.2) is 59.5 Å². The van der Waals surface area contributed by atoms with Crippen LogP contribution in [-0.2, 0) is 6.42 Å². The highest BCUT2D eigenvalue weighted by Crippen LogP contribution is 2.37.